The second-order valence-corrected chi connectivity index (χ2v) is 6.16. The first-order chi connectivity index (χ1) is 10.9. The van der Waals surface area contributed by atoms with Crippen LogP contribution in [0.1, 0.15) is 25.3 Å². The van der Waals surface area contributed by atoms with Gasteiger partial charge in [0.15, 0.2) is 6.61 Å². The first-order valence-electron chi connectivity index (χ1n) is 7.04. The first-order valence-corrected chi connectivity index (χ1v) is 7.83. The standard InChI is InChI=1S/C17H16BrF2NO2/c1-10(2)11-3-6-16(13(18)7-11)23-9-17(22)21-15-5-4-12(19)8-14(15)20/h3-8,10H,9H2,1-2H3,(H,21,22). The van der Waals surface area contributed by atoms with Gasteiger partial charge >= 0.3 is 0 Å². The zero-order chi connectivity index (χ0) is 17.0. The Bertz CT molecular complexity index is 720. The molecule has 0 aliphatic carbocycles. The van der Waals surface area contributed by atoms with E-state index >= 15 is 0 Å². The number of hydrogen-bond acceptors (Lipinski definition) is 2. The molecule has 6 heteroatoms. The van der Waals surface area contributed by atoms with Crippen LogP contribution in [0.5, 0.6) is 5.75 Å². The largest absolute Gasteiger partial charge is 0.483 e. The Balaban J connectivity index is 1.96. The second kappa shape index (κ2) is 7.55. The number of carbonyl (C=O) groups excluding carboxylic acids is 1. The molecule has 0 aliphatic heterocycles. The van der Waals surface area contributed by atoms with Crippen LogP contribution in [0.25, 0.3) is 0 Å². The highest BCUT2D eigenvalue weighted by molar-refractivity contribution is 9.10. The molecule has 23 heavy (non-hydrogen) atoms. The summed E-state index contributed by atoms with van der Waals surface area (Å²) in [7, 11) is 0. The van der Waals surface area contributed by atoms with Crippen LogP contribution in [-0.2, 0) is 4.79 Å². The van der Waals surface area contributed by atoms with Crippen LogP contribution in [0.2, 0.25) is 0 Å². The average Bonchev–Trinajstić information content (AvgIpc) is 2.48. The SMILES string of the molecule is CC(C)c1ccc(OCC(=O)Nc2ccc(F)cc2F)c(Br)c1. The van der Waals surface area contributed by atoms with Crippen molar-refractivity contribution in [2.45, 2.75) is 19.8 Å². The normalized spacial score (nSPS) is 10.7. The quantitative estimate of drug-likeness (QED) is 0.799. The van der Waals surface area contributed by atoms with E-state index < -0.39 is 17.5 Å². The van der Waals surface area contributed by atoms with Crippen LogP contribution in [0.15, 0.2) is 40.9 Å². The Morgan fingerprint density at radius 2 is 1.96 bits per heavy atom. The number of ether oxygens (including phenoxy) is 1. The number of nitrogens with one attached hydrogen (secondary N) is 1. The minimum Gasteiger partial charge on any atom is -0.483 e. The molecule has 3 nitrogen and oxygen atoms in total. The second-order valence-electron chi connectivity index (χ2n) is 5.31. The van der Waals surface area contributed by atoms with Gasteiger partial charge in [-0.15, -0.1) is 0 Å². The van der Waals surface area contributed by atoms with Crippen LogP contribution in [0, 0.1) is 11.6 Å². The lowest BCUT2D eigenvalue weighted by atomic mass is 10.0. The Morgan fingerprint density at radius 1 is 1.22 bits per heavy atom. The molecule has 0 heterocycles. The van der Waals surface area contributed by atoms with Crippen molar-refractivity contribution in [3.63, 3.8) is 0 Å². The third-order valence-corrected chi connectivity index (χ3v) is 3.81. The molecule has 122 valence electrons. The molecule has 0 aliphatic rings. The molecule has 0 atom stereocenters. The number of hydrogen-bond donors (Lipinski definition) is 1. The Hall–Kier alpha value is -1.95. The predicted octanol–water partition coefficient (Wildman–Crippen LogP) is 4.87. The lowest BCUT2D eigenvalue weighted by Crippen LogP contribution is -2.21. The summed E-state index contributed by atoms with van der Waals surface area (Å²) in [6.07, 6.45) is 0. The fourth-order valence-electron chi connectivity index (χ4n) is 1.91. The number of rotatable bonds is 5. The van der Waals surface area contributed by atoms with Gasteiger partial charge in [-0.25, -0.2) is 8.78 Å². The third-order valence-electron chi connectivity index (χ3n) is 3.19. The van der Waals surface area contributed by atoms with Crippen LogP contribution in [-0.4, -0.2) is 12.5 Å². The number of anilines is 1. The first kappa shape index (κ1) is 17.4. The summed E-state index contributed by atoms with van der Waals surface area (Å²) in [6.45, 7) is 3.87. The summed E-state index contributed by atoms with van der Waals surface area (Å²) in [5.41, 5.74) is 1.05. The molecule has 0 unspecified atom stereocenters. The maximum Gasteiger partial charge on any atom is 0.262 e. The predicted molar refractivity (Wildman–Crippen MR) is 88.7 cm³/mol. The molecule has 0 spiro atoms. The monoisotopic (exact) mass is 383 g/mol. The molecule has 0 fully saturated rings. The van der Waals surface area contributed by atoms with E-state index in [9.17, 15) is 13.6 Å². The number of amides is 1. The zero-order valence-corrected chi connectivity index (χ0v) is 14.3. The van der Waals surface area contributed by atoms with Crippen molar-refractivity contribution in [2.75, 3.05) is 11.9 Å². The molecular formula is C17H16BrF2NO2. The minimum absolute atomic E-state index is 0.0887. The Kier molecular flexibility index (Phi) is 5.71. The van der Waals surface area contributed by atoms with Crippen molar-refractivity contribution in [2.24, 2.45) is 0 Å². The van der Waals surface area contributed by atoms with Gasteiger partial charge in [0.1, 0.15) is 17.4 Å². The van der Waals surface area contributed by atoms with E-state index in [-0.39, 0.29) is 12.3 Å². The lowest BCUT2D eigenvalue weighted by Gasteiger charge is -2.12. The van der Waals surface area contributed by atoms with Gasteiger partial charge in [-0.1, -0.05) is 19.9 Å². The number of benzene rings is 2. The van der Waals surface area contributed by atoms with Gasteiger partial charge < -0.3 is 10.1 Å². The molecule has 1 amide bonds. The summed E-state index contributed by atoms with van der Waals surface area (Å²) in [5.74, 6) is -1.17. The molecule has 0 aromatic heterocycles. The van der Waals surface area contributed by atoms with Gasteiger partial charge in [0.2, 0.25) is 0 Å². The van der Waals surface area contributed by atoms with Gasteiger partial charge in [0.25, 0.3) is 5.91 Å². The molecule has 2 aromatic rings. The molecular weight excluding hydrogens is 368 g/mol. The van der Waals surface area contributed by atoms with Crippen molar-refractivity contribution in [1.29, 1.82) is 0 Å². The smallest absolute Gasteiger partial charge is 0.262 e. The van der Waals surface area contributed by atoms with E-state index in [0.29, 0.717) is 17.7 Å². The molecule has 2 aromatic carbocycles. The summed E-state index contributed by atoms with van der Waals surface area (Å²) >= 11 is 3.39. The third kappa shape index (κ3) is 4.76. The summed E-state index contributed by atoms with van der Waals surface area (Å²) in [4.78, 5) is 11.8. The van der Waals surface area contributed by atoms with Crippen LogP contribution in [0.3, 0.4) is 0 Å². The molecule has 1 N–H and O–H groups in total. The average molecular weight is 384 g/mol. The van der Waals surface area contributed by atoms with E-state index in [0.717, 1.165) is 22.2 Å². The summed E-state index contributed by atoms with van der Waals surface area (Å²) in [6, 6.07) is 8.55. The van der Waals surface area contributed by atoms with Crippen molar-refractivity contribution in [3.05, 3.63) is 58.1 Å². The molecule has 0 saturated heterocycles. The highest BCUT2D eigenvalue weighted by Gasteiger charge is 2.10. The van der Waals surface area contributed by atoms with E-state index in [1.165, 1.54) is 0 Å². The Morgan fingerprint density at radius 3 is 2.57 bits per heavy atom. The maximum atomic E-state index is 13.5. The van der Waals surface area contributed by atoms with E-state index in [4.69, 9.17) is 4.74 Å². The van der Waals surface area contributed by atoms with Gasteiger partial charge in [0, 0.05) is 6.07 Å². The van der Waals surface area contributed by atoms with E-state index in [2.05, 4.69) is 35.1 Å². The van der Waals surface area contributed by atoms with Crippen molar-refractivity contribution < 1.29 is 18.3 Å². The van der Waals surface area contributed by atoms with Crippen LogP contribution >= 0.6 is 15.9 Å². The molecule has 0 bridgehead atoms. The van der Waals surface area contributed by atoms with Crippen molar-refractivity contribution in [3.8, 4) is 5.75 Å². The van der Waals surface area contributed by atoms with Crippen molar-refractivity contribution >= 4 is 27.5 Å². The topological polar surface area (TPSA) is 38.3 Å². The van der Waals surface area contributed by atoms with E-state index in [1.807, 2.05) is 12.1 Å². The summed E-state index contributed by atoms with van der Waals surface area (Å²) < 4.78 is 32.4. The fourth-order valence-corrected chi connectivity index (χ4v) is 2.42. The molecule has 2 rings (SSSR count). The van der Waals surface area contributed by atoms with Crippen LogP contribution in [0.4, 0.5) is 14.5 Å². The highest BCUT2D eigenvalue weighted by atomic mass is 79.9. The van der Waals surface area contributed by atoms with Gasteiger partial charge in [-0.05, 0) is 51.7 Å². The van der Waals surface area contributed by atoms with Gasteiger partial charge in [0.05, 0.1) is 10.2 Å². The maximum absolute atomic E-state index is 13.5. The summed E-state index contributed by atoms with van der Waals surface area (Å²) in [5, 5.41) is 2.34. The van der Waals surface area contributed by atoms with Gasteiger partial charge in [-0.3, -0.25) is 4.79 Å². The lowest BCUT2D eigenvalue weighted by molar-refractivity contribution is -0.118. The highest BCUT2D eigenvalue weighted by Crippen LogP contribution is 2.28. The molecule has 0 saturated carbocycles. The minimum atomic E-state index is -0.833. The fraction of sp³-hybridized carbons (Fsp3) is 0.235. The van der Waals surface area contributed by atoms with Crippen LogP contribution < -0.4 is 10.1 Å². The molecule has 0 radical (unpaired) electrons. The number of halogens is 3. The Labute approximate surface area is 141 Å². The van der Waals surface area contributed by atoms with Gasteiger partial charge in [-0.2, -0.15) is 0 Å². The van der Waals surface area contributed by atoms with E-state index in [1.54, 1.807) is 6.07 Å². The van der Waals surface area contributed by atoms with Crippen molar-refractivity contribution in [1.82, 2.24) is 0 Å². The zero-order valence-electron chi connectivity index (χ0n) is 12.7. The number of carbonyl (C=O) groups is 1.